The van der Waals surface area contributed by atoms with Gasteiger partial charge in [0.05, 0.1) is 0 Å². The van der Waals surface area contributed by atoms with Crippen LogP contribution in [0, 0.1) is 5.92 Å². The Labute approximate surface area is 72.7 Å². The van der Waals surface area contributed by atoms with E-state index in [0.717, 1.165) is 19.3 Å². The summed E-state index contributed by atoms with van der Waals surface area (Å²) in [7, 11) is 0. The Morgan fingerprint density at radius 3 is 2.92 bits per heavy atom. The summed E-state index contributed by atoms with van der Waals surface area (Å²) in [4.78, 5) is 23.1. The Balaban J connectivity index is 2.35. The topological polar surface area (TPSA) is 37.4 Å². The fourth-order valence-electron chi connectivity index (χ4n) is 1.55. The molecule has 1 aliphatic heterocycles. The molecule has 3 nitrogen and oxygen atoms in total. The first-order chi connectivity index (χ1) is 5.77. The van der Waals surface area contributed by atoms with Gasteiger partial charge >= 0.3 is 0 Å². The van der Waals surface area contributed by atoms with Crippen LogP contribution >= 0.6 is 0 Å². The molecule has 1 fully saturated rings. The first kappa shape index (κ1) is 9.23. The number of carbonyl (C=O) groups is 2. The summed E-state index contributed by atoms with van der Waals surface area (Å²) in [5.74, 6) is 0.729. The summed E-state index contributed by atoms with van der Waals surface area (Å²) in [6, 6.07) is 0. The van der Waals surface area contributed by atoms with Crippen molar-refractivity contribution in [3.63, 3.8) is 0 Å². The van der Waals surface area contributed by atoms with Gasteiger partial charge in [-0.1, -0.05) is 13.3 Å². The van der Waals surface area contributed by atoms with Crippen molar-refractivity contribution in [1.82, 2.24) is 4.90 Å². The van der Waals surface area contributed by atoms with Crippen LogP contribution in [0.4, 0.5) is 0 Å². The van der Waals surface area contributed by atoms with Crippen LogP contribution in [0.3, 0.4) is 0 Å². The van der Waals surface area contributed by atoms with Crippen molar-refractivity contribution in [3.05, 3.63) is 0 Å². The lowest BCUT2D eigenvalue weighted by Gasteiger charge is -2.13. The average molecular weight is 169 g/mol. The molecule has 1 saturated heterocycles. The van der Waals surface area contributed by atoms with Crippen molar-refractivity contribution in [2.24, 2.45) is 5.92 Å². The van der Waals surface area contributed by atoms with Crippen LogP contribution in [0.15, 0.2) is 0 Å². The van der Waals surface area contributed by atoms with E-state index in [4.69, 9.17) is 0 Å². The first-order valence-corrected chi connectivity index (χ1v) is 4.49. The minimum atomic E-state index is 0.212. The maximum atomic E-state index is 11.3. The van der Waals surface area contributed by atoms with Gasteiger partial charge in [-0.3, -0.25) is 4.79 Å². The van der Waals surface area contributed by atoms with Gasteiger partial charge in [0.15, 0.2) is 0 Å². The van der Waals surface area contributed by atoms with Crippen molar-refractivity contribution in [3.8, 4) is 0 Å². The summed E-state index contributed by atoms with van der Waals surface area (Å²) in [6.07, 6.45) is 3.08. The summed E-state index contributed by atoms with van der Waals surface area (Å²) >= 11 is 0. The smallest absolute Gasteiger partial charge is 0.222 e. The van der Waals surface area contributed by atoms with Gasteiger partial charge in [-0.05, 0) is 5.92 Å². The molecule has 0 spiro atoms. The van der Waals surface area contributed by atoms with Gasteiger partial charge in [-0.25, -0.2) is 0 Å². The van der Waals surface area contributed by atoms with Crippen LogP contribution in [0.2, 0.25) is 0 Å². The predicted molar refractivity (Wildman–Crippen MR) is 45.7 cm³/mol. The van der Waals surface area contributed by atoms with E-state index in [1.807, 2.05) is 0 Å². The fourth-order valence-corrected chi connectivity index (χ4v) is 1.55. The van der Waals surface area contributed by atoms with Crippen molar-refractivity contribution >= 4 is 12.2 Å². The standard InChI is InChI=1S/C9H15NO2/c1-2-8-6-9(12)10(7-8)4-3-5-11/h5,8H,2-4,6-7H2,1H3. The number of rotatable bonds is 4. The molecule has 0 radical (unpaired) electrons. The Morgan fingerprint density at radius 1 is 1.67 bits per heavy atom. The molecule has 68 valence electrons. The third-order valence-electron chi connectivity index (χ3n) is 2.39. The maximum Gasteiger partial charge on any atom is 0.222 e. The quantitative estimate of drug-likeness (QED) is 0.585. The Hall–Kier alpha value is -0.860. The van der Waals surface area contributed by atoms with Crippen LogP contribution in [-0.2, 0) is 9.59 Å². The minimum absolute atomic E-state index is 0.212. The molecule has 1 atom stereocenters. The van der Waals surface area contributed by atoms with E-state index in [2.05, 4.69) is 6.92 Å². The van der Waals surface area contributed by atoms with Crippen molar-refractivity contribution in [1.29, 1.82) is 0 Å². The van der Waals surface area contributed by atoms with E-state index in [1.165, 1.54) is 0 Å². The van der Waals surface area contributed by atoms with E-state index >= 15 is 0 Å². The van der Waals surface area contributed by atoms with Crippen LogP contribution in [-0.4, -0.2) is 30.2 Å². The molecule has 0 aromatic heterocycles. The number of nitrogens with zero attached hydrogens (tertiary/aromatic N) is 1. The Morgan fingerprint density at radius 2 is 2.42 bits per heavy atom. The van der Waals surface area contributed by atoms with Gasteiger partial charge in [-0.2, -0.15) is 0 Å². The second-order valence-electron chi connectivity index (χ2n) is 3.27. The van der Waals surface area contributed by atoms with Crippen molar-refractivity contribution in [2.75, 3.05) is 13.1 Å². The van der Waals surface area contributed by atoms with Gasteiger partial charge < -0.3 is 9.69 Å². The highest BCUT2D eigenvalue weighted by Gasteiger charge is 2.27. The molecule has 1 unspecified atom stereocenters. The summed E-state index contributed by atoms with van der Waals surface area (Å²) in [6.45, 7) is 3.56. The molecule has 1 rings (SSSR count). The SMILES string of the molecule is CCC1CC(=O)N(CCC=O)C1. The van der Waals surface area contributed by atoms with E-state index < -0.39 is 0 Å². The molecule has 0 saturated carbocycles. The fraction of sp³-hybridized carbons (Fsp3) is 0.778. The number of hydrogen-bond donors (Lipinski definition) is 0. The lowest BCUT2D eigenvalue weighted by molar-refractivity contribution is -0.127. The molecule has 0 aliphatic carbocycles. The number of hydrogen-bond acceptors (Lipinski definition) is 2. The highest BCUT2D eigenvalue weighted by molar-refractivity contribution is 5.78. The highest BCUT2D eigenvalue weighted by atomic mass is 16.2. The summed E-state index contributed by atoms with van der Waals surface area (Å²) in [5, 5.41) is 0. The molecule has 3 heteroatoms. The zero-order chi connectivity index (χ0) is 8.97. The number of likely N-dealkylation sites (tertiary alicyclic amines) is 1. The zero-order valence-corrected chi connectivity index (χ0v) is 7.45. The largest absolute Gasteiger partial charge is 0.342 e. The third-order valence-corrected chi connectivity index (χ3v) is 2.39. The van der Waals surface area contributed by atoms with Gasteiger partial charge in [0.2, 0.25) is 5.91 Å². The zero-order valence-electron chi connectivity index (χ0n) is 7.45. The molecular formula is C9H15NO2. The molecule has 0 aromatic carbocycles. The number of carbonyl (C=O) groups excluding carboxylic acids is 2. The molecule has 0 N–H and O–H groups in total. The molecule has 1 heterocycles. The number of aldehydes is 1. The van der Waals surface area contributed by atoms with Crippen LogP contribution in [0.1, 0.15) is 26.2 Å². The van der Waals surface area contributed by atoms with Crippen molar-refractivity contribution < 1.29 is 9.59 Å². The van der Waals surface area contributed by atoms with Crippen LogP contribution < -0.4 is 0 Å². The van der Waals surface area contributed by atoms with E-state index in [1.54, 1.807) is 4.90 Å². The molecule has 12 heavy (non-hydrogen) atoms. The average Bonchev–Trinajstić information content (AvgIpc) is 2.43. The van der Waals surface area contributed by atoms with Gasteiger partial charge in [0.1, 0.15) is 6.29 Å². The molecule has 0 aromatic rings. The maximum absolute atomic E-state index is 11.3. The predicted octanol–water partition coefficient (Wildman–Crippen LogP) is 0.834. The molecular weight excluding hydrogens is 154 g/mol. The highest BCUT2D eigenvalue weighted by Crippen LogP contribution is 2.19. The first-order valence-electron chi connectivity index (χ1n) is 4.49. The summed E-state index contributed by atoms with van der Waals surface area (Å²) < 4.78 is 0. The van der Waals surface area contributed by atoms with E-state index in [0.29, 0.717) is 25.3 Å². The summed E-state index contributed by atoms with van der Waals surface area (Å²) in [5.41, 5.74) is 0. The van der Waals surface area contributed by atoms with Gasteiger partial charge in [0, 0.05) is 25.9 Å². The van der Waals surface area contributed by atoms with Crippen LogP contribution in [0.25, 0.3) is 0 Å². The van der Waals surface area contributed by atoms with Crippen LogP contribution in [0.5, 0.6) is 0 Å². The lowest BCUT2D eigenvalue weighted by atomic mass is 10.1. The Kier molecular flexibility index (Phi) is 3.26. The molecule has 1 amide bonds. The number of amides is 1. The second kappa shape index (κ2) is 4.24. The van der Waals surface area contributed by atoms with E-state index in [-0.39, 0.29) is 5.91 Å². The molecule has 0 bridgehead atoms. The third kappa shape index (κ3) is 2.06. The van der Waals surface area contributed by atoms with Crippen molar-refractivity contribution in [2.45, 2.75) is 26.2 Å². The van der Waals surface area contributed by atoms with E-state index in [9.17, 15) is 9.59 Å². The van der Waals surface area contributed by atoms with Gasteiger partial charge in [0.25, 0.3) is 0 Å². The lowest BCUT2D eigenvalue weighted by Crippen LogP contribution is -2.26. The normalized spacial score (nSPS) is 23.2. The second-order valence-corrected chi connectivity index (χ2v) is 3.27. The monoisotopic (exact) mass is 169 g/mol. The molecule has 1 aliphatic rings. The minimum Gasteiger partial charge on any atom is -0.342 e. The Bertz CT molecular complexity index is 179. The van der Waals surface area contributed by atoms with Gasteiger partial charge in [-0.15, -0.1) is 0 Å².